The highest BCUT2D eigenvalue weighted by atomic mass is 16.6. The Hall–Kier alpha value is -2.63. The molecule has 0 amide bonds. The van der Waals surface area contributed by atoms with Gasteiger partial charge in [0.25, 0.3) is 0 Å². The van der Waals surface area contributed by atoms with Gasteiger partial charge in [0.15, 0.2) is 6.10 Å². The minimum atomic E-state index is -0.782. The molecule has 312 valence electrons. The van der Waals surface area contributed by atoms with Crippen LogP contribution in [-0.4, -0.2) is 37.2 Å². The van der Waals surface area contributed by atoms with E-state index in [0.717, 1.165) is 89.9 Å². The fourth-order valence-electron chi connectivity index (χ4n) is 6.14. The molecule has 0 aromatic heterocycles. The van der Waals surface area contributed by atoms with Crippen LogP contribution in [0.3, 0.4) is 0 Å². The predicted octanol–water partition coefficient (Wildman–Crippen LogP) is 14.4. The average molecular weight is 757 g/mol. The topological polar surface area (TPSA) is 78.9 Å². The molecule has 0 rings (SSSR count). The minimum Gasteiger partial charge on any atom is -0.462 e. The van der Waals surface area contributed by atoms with Crippen molar-refractivity contribution in [3.63, 3.8) is 0 Å². The van der Waals surface area contributed by atoms with E-state index < -0.39 is 6.10 Å². The first-order chi connectivity index (χ1) is 26.5. The van der Waals surface area contributed by atoms with Crippen LogP contribution >= 0.6 is 0 Å². The first-order valence-electron chi connectivity index (χ1n) is 22.6. The molecule has 6 nitrogen and oxygen atoms in total. The number of carbonyl (C=O) groups excluding carboxylic acids is 3. The maximum Gasteiger partial charge on any atom is 0.306 e. The first-order valence-corrected chi connectivity index (χ1v) is 22.6. The number of rotatable bonds is 40. The van der Waals surface area contributed by atoms with Crippen LogP contribution in [0.25, 0.3) is 0 Å². The molecule has 0 spiro atoms. The van der Waals surface area contributed by atoms with Gasteiger partial charge in [0.05, 0.1) is 0 Å². The van der Waals surface area contributed by atoms with Crippen LogP contribution in [0.2, 0.25) is 0 Å². The fraction of sp³-hybridized carbons (Fsp3) is 0.771. The second-order valence-corrected chi connectivity index (χ2v) is 14.9. The molecule has 0 N–H and O–H groups in total. The van der Waals surface area contributed by atoms with E-state index >= 15 is 0 Å². The van der Waals surface area contributed by atoms with Crippen molar-refractivity contribution in [1.29, 1.82) is 0 Å². The van der Waals surface area contributed by atoms with E-state index in [0.29, 0.717) is 19.3 Å². The summed E-state index contributed by atoms with van der Waals surface area (Å²) in [5.74, 6) is -0.926. The van der Waals surface area contributed by atoms with Crippen LogP contribution in [-0.2, 0) is 28.6 Å². The van der Waals surface area contributed by atoms with Crippen molar-refractivity contribution >= 4 is 17.9 Å². The third-order valence-corrected chi connectivity index (χ3v) is 9.57. The van der Waals surface area contributed by atoms with Crippen LogP contribution in [0.15, 0.2) is 48.6 Å². The molecule has 0 aliphatic rings. The average Bonchev–Trinajstić information content (AvgIpc) is 3.17. The summed E-state index contributed by atoms with van der Waals surface area (Å²) in [5, 5.41) is 0. The van der Waals surface area contributed by atoms with Gasteiger partial charge >= 0.3 is 17.9 Å². The van der Waals surface area contributed by atoms with Crippen molar-refractivity contribution in [2.75, 3.05) is 13.2 Å². The quantitative estimate of drug-likeness (QED) is 0.0268. The highest BCUT2D eigenvalue weighted by Gasteiger charge is 2.19. The number of unbranched alkanes of at least 4 members (excludes halogenated alkanes) is 21. The van der Waals surface area contributed by atoms with Crippen LogP contribution in [0, 0.1) is 0 Å². The Morgan fingerprint density at radius 2 is 0.741 bits per heavy atom. The minimum absolute atomic E-state index is 0.0857. The number of ether oxygens (including phenoxy) is 3. The van der Waals surface area contributed by atoms with E-state index in [-0.39, 0.29) is 31.1 Å². The number of esters is 3. The highest BCUT2D eigenvalue weighted by Crippen LogP contribution is 2.14. The zero-order valence-electron chi connectivity index (χ0n) is 35.5. The molecule has 0 saturated heterocycles. The van der Waals surface area contributed by atoms with Gasteiger partial charge in [-0.2, -0.15) is 0 Å². The lowest BCUT2D eigenvalue weighted by Crippen LogP contribution is -2.30. The van der Waals surface area contributed by atoms with Gasteiger partial charge < -0.3 is 14.2 Å². The Morgan fingerprint density at radius 1 is 0.389 bits per heavy atom. The van der Waals surface area contributed by atoms with Crippen molar-refractivity contribution in [3.8, 4) is 0 Å². The largest absolute Gasteiger partial charge is 0.462 e. The zero-order chi connectivity index (χ0) is 39.4. The Balaban J connectivity index is 4.42. The molecule has 0 bridgehead atoms. The lowest BCUT2D eigenvalue weighted by Gasteiger charge is -2.18. The molecule has 54 heavy (non-hydrogen) atoms. The third kappa shape index (κ3) is 40.6. The molecule has 0 aromatic rings. The van der Waals surface area contributed by atoms with Gasteiger partial charge in [-0.3, -0.25) is 14.4 Å². The van der Waals surface area contributed by atoms with Crippen molar-refractivity contribution in [2.24, 2.45) is 0 Å². The van der Waals surface area contributed by atoms with Gasteiger partial charge in [0.2, 0.25) is 0 Å². The molecule has 0 aliphatic carbocycles. The van der Waals surface area contributed by atoms with E-state index in [1.165, 1.54) is 89.9 Å². The molecular formula is C48H84O6. The molecule has 0 aromatic carbocycles. The lowest BCUT2D eigenvalue weighted by molar-refractivity contribution is -0.167. The van der Waals surface area contributed by atoms with E-state index in [9.17, 15) is 14.4 Å². The van der Waals surface area contributed by atoms with E-state index in [2.05, 4.69) is 69.4 Å². The number of carbonyl (C=O) groups is 3. The van der Waals surface area contributed by atoms with Crippen molar-refractivity contribution < 1.29 is 28.6 Å². The van der Waals surface area contributed by atoms with Crippen molar-refractivity contribution in [2.45, 2.75) is 226 Å². The summed E-state index contributed by atoms with van der Waals surface area (Å²) in [6.07, 6.45) is 49.5. The highest BCUT2D eigenvalue weighted by molar-refractivity contribution is 5.71. The van der Waals surface area contributed by atoms with Gasteiger partial charge in [0.1, 0.15) is 13.2 Å². The van der Waals surface area contributed by atoms with Gasteiger partial charge in [-0.1, -0.05) is 179 Å². The summed E-state index contributed by atoms with van der Waals surface area (Å²) in [5.41, 5.74) is 0. The van der Waals surface area contributed by atoms with E-state index in [4.69, 9.17) is 14.2 Å². The first kappa shape index (κ1) is 51.4. The summed E-state index contributed by atoms with van der Waals surface area (Å²) < 4.78 is 16.7. The molecular weight excluding hydrogens is 673 g/mol. The fourth-order valence-corrected chi connectivity index (χ4v) is 6.14. The van der Waals surface area contributed by atoms with Crippen molar-refractivity contribution in [3.05, 3.63) is 48.6 Å². The maximum absolute atomic E-state index is 12.7. The Bertz CT molecular complexity index is 964. The molecule has 0 radical (unpaired) electrons. The van der Waals surface area contributed by atoms with Crippen LogP contribution < -0.4 is 0 Å². The summed E-state index contributed by atoms with van der Waals surface area (Å²) >= 11 is 0. The van der Waals surface area contributed by atoms with Gasteiger partial charge in [-0.25, -0.2) is 0 Å². The standard InChI is InChI=1S/C48H84O6/c1-4-7-10-13-16-19-22-24-27-29-32-35-38-41-47(50)53-44-45(43-52-46(49)40-37-34-31-28-25-21-18-15-12-9-6-3)54-48(51)42-39-36-33-30-26-23-20-17-14-11-8-5-2/h7,10,15-16,18-19,24,27,45H,4-6,8-9,11-14,17,20-23,25-26,28-44H2,1-3H3/b10-7-,18-15-,19-16-,27-24-. The molecule has 0 fully saturated rings. The predicted molar refractivity (Wildman–Crippen MR) is 229 cm³/mol. The zero-order valence-corrected chi connectivity index (χ0v) is 35.5. The van der Waals surface area contributed by atoms with E-state index in [1.54, 1.807) is 0 Å². The summed E-state index contributed by atoms with van der Waals surface area (Å²) in [4.78, 5) is 37.7. The smallest absolute Gasteiger partial charge is 0.306 e. The van der Waals surface area contributed by atoms with Crippen molar-refractivity contribution in [1.82, 2.24) is 0 Å². The number of hydrogen-bond acceptors (Lipinski definition) is 6. The Kier molecular flexibility index (Phi) is 41.0. The van der Waals surface area contributed by atoms with E-state index in [1.807, 2.05) is 0 Å². The Labute approximate surface area is 333 Å². The second-order valence-electron chi connectivity index (χ2n) is 14.9. The SMILES string of the molecule is CC/C=C\C/C=C\C/C=C\CCCCCC(=O)OCC(COC(=O)CCCCCCC/C=C\CCCC)OC(=O)CCCCCCCCCCCCCC. The summed E-state index contributed by atoms with van der Waals surface area (Å²) in [6.45, 7) is 6.44. The molecule has 0 saturated carbocycles. The molecule has 1 unspecified atom stereocenters. The van der Waals surface area contributed by atoms with Gasteiger partial charge in [-0.05, 0) is 70.6 Å². The van der Waals surface area contributed by atoms with Crippen LogP contribution in [0.1, 0.15) is 220 Å². The summed E-state index contributed by atoms with van der Waals surface area (Å²) in [7, 11) is 0. The van der Waals surface area contributed by atoms with Gasteiger partial charge in [0, 0.05) is 19.3 Å². The molecule has 0 aliphatic heterocycles. The number of allylic oxidation sites excluding steroid dienone is 8. The molecule has 6 heteroatoms. The maximum atomic E-state index is 12.7. The van der Waals surface area contributed by atoms with Crippen LogP contribution in [0.5, 0.6) is 0 Å². The van der Waals surface area contributed by atoms with Crippen LogP contribution in [0.4, 0.5) is 0 Å². The monoisotopic (exact) mass is 757 g/mol. The van der Waals surface area contributed by atoms with Gasteiger partial charge in [-0.15, -0.1) is 0 Å². The lowest BCUT2D eigenvalue weighted by atomic mass is 10.0. The molecule has 1 atom stereocenters. The molecule has 0 heterocycles. The third-order valence-electron chi connectivity index (χ3n) is 9.57. The normalized spacial score (nSPS) is 12.4. The summed E-state index contributed by atoms with van der Waals surface area (Å²) in [6, 6.07) is 0. The number of hydrogen-bond donors (Lipinski definition) is 0. The Morgan fingerprint density at radius 3 is 1.22 bits per heavy atom. The second kappa shape index (κ2) is 43.1.